The first-order chi connectivity index (χ1) is 10.0. The van der Waals surface area contributed by atoms with Crippen LogP contribution in [0.3, 0.4) is 0 Å². The average Bonchev–Trinajstić information content (AvgIpc) is 3.24. The zero-order valence-electron chi connectivity index (χ0n) is 11.1. The van der Waals surface area contributed by atoms with Gasteiger partial charge in [0.05, 0.1) is 5.02 Å². The summed E-state index contributed by atoms with van der Waals surface area (Å²) in [6.07, 6.45) is 2.06. The highest BCUT2D eigenvalue weighted by Gasteiger charge is 2.33. The predicted molar refractivity (Wildman–Crippen MR) is 85.2 cm³/mol. The van der Waals surface area contributed by atoms with Crippen molar-refractivity contribution in [3.8, 4) is 0 Å². The number of hydrogen-bond acceptors (Lipinski definition) is 1. The van der Waals surface area contributed by atoms with Crippen LogP contribution in [0.25, 0.3) is 0 Å². The molecule has 110 valence electrons. The third kappa shape index (κ3) is 3.37. The maximum atomic E-state index is 12.6. The molecular weight excluding hydrogens is 331 g/mol. The Morgan fingerprint density at radius 3 is 2.38 bits per heavy atom. The number of halogens is 3. The van der Waals surface area contributed by atoms with Crippen LogP contribution in [0.15, 0.2) is 30.3 Å². The quantitative estimate of drug-likeness (QED) is 0.852. The van der Waals surface area contributed by atoms with Gasteiger partial charge in [-0.25, -0.2) is 0 Å². The number of H-pyrrole nitrogens is 1. The van der Waals surface area contributed by atoms with E-state index >= 15 is 0 Å². The minimum atomic E-state index is -0.0822. The molecule has 1 aliphatic carbocycles. The molecule has 1 N–H and O–H groups in total. The minimum Gasteiger partial charge on any atom is -0.340 e. The van der Waals surface area contributed by atoms with E-state index in [-0.39, 0.29) is 11.9 Å². The van der Waals surface area contributed by atoms with Crippen LogP contribution in [0.1, 0.15) is 28.9 Å². The number of nitrogens with zero attached hydrogens (tertiary/aromatic N) is 1. The SMILES string of the molecule is O=C(c1cc(Cl)c(Cl)[nH]1)N(Cc1ccc(Cl)cc1)C1CC1. The monoisotopic (exact) mass is 342 g/mol. The van der Waals surface area contributed by atoms with E-state index in [2.05, 4.69) is 4.98 Å². The Morgan fingerprint density at radius 1 is 1.19 bits per heavy atom. The van der Waals surface area contributed by atoms with Crippen LogP contribution in [-0.4, -0.2) is 21.8 Å². The number of carbonyl (C=O) groups is 1. The molecule has 1 aliphatic rings. The maximum Gasteiger partial charge on any atom is 0.270 e. The number of benzene rings is 1. The lowest BCUT2D eigenvalue weighted by Gasteiger charge is -2.22. The summed E-state index contributed by atoms with van der Waals surface area (Å²) < 4.78 is 0. The Morgan fingerprint density at radius 2 is 1.86 bits per heavy atom. The molecule has 3 rings (SSSR count). The third-order valence-electron chi connectivity index (χ3n) is 3.47. The summed E-state index contributed by atoms with van der Waals surface area (Å²) in [6, 6.07) is 9.38. The lowest BCUT2D eigenvalue weighted by molar-refractivity contribution is 0.0724. The molecule has 0 atom stereocenters. The second-order valence-corrected chi connectivity index (χ2v) is 6.36. The van der Waals surface area contributed by atoms with Crippen molar-refractivity contribution in [2.45, 2.75) is 25.4 Å². The van der Waals surface area contributed by atoms with Crippen molar-refractivity contribution in [2.24, 2.45) is 0 Å². The number of carbonyl (C=O) groups excluding carboxylic acids is 1. The van der Waals surface area contributed by atoms with Crippen molar-refractivity contribution in [1.82, 2.24) is 9.88 Å². The summed E-state index contributed by atoms with van der Waals surface area (Å²) in [4.78, 5) is 17.3. The smallest absolute Gasteiger partial charge is 0.270 e. The van der Waals surface area contributed by atoms with Crippen molar-refractivity contribution in [3.63, 3.8) is 0 Å². The lowest BCUT2D eigenvalue weighted by Crippen LogP contribution is -2.32. The summed E-state index contributed by atoms with van der Waals surface area (Å²) in [6.45, 7) is 0.551. The molecule has 1 saturated carbocycles. The van der Waals surface area contributed by atoms with Gasteiger partial charge in [0.1, 0.15) is 10.8 Å². The number of amides is 1. The summed E-state index contributed by atoms with van der Waals surface area (Å²) in [5.74, 6) is -0.0822. The first-order valence-corrected chi connectivity index (χ1v) is 7.77. The summed E-state index contributed by atoms with van der Waals surface area (Å²) in [7, 11) is 0. The molecule has 2 aromatic rings. The van der Waals surface area contributed by atoms with Crippen LogP contribution < -0.4 is 0 Å². The van der Waals surface area contributed by atoms with Gasteiger partial charge in [-0.1, -0.05) is 46.9 Å². The van der Waals surface area contributed by atoms with Crippen LogP contribution >= 0.6 is 34.8 Å². The highest BCUT2D eigenvalue weighted by atomic mass is 35.5. The zero-order valence-corrected chi connectivity index (χ0v) is 13.3. The van der Waals surface area contributed by atoms with E-state index in [0.717, 1.165) is 18.4 Å². The van der Waals surface area contributed by atoms with Gasteiger partial charge in [0.15, 0.2) is 0 Å². The first-order valence-electron chi connectivity index (χ1n) is 6.64. The van der Waals surface area contributed by atoms with Gasteiger partial charge in [-0.15, -0.1) is 0 Å². The molecule has 0 bridgehead atoms. The molecule has 1 aromatic heterocycles. The first kappa shape index (κ1) is 14.8. The van der Waals surface area contributed by atoms with Crippen LogP contribution in [0, 0.1) is 0 Å². The van der Waals surface area contributed by atoms with Gasteiger partial charge in [-0.05, 0) is 36.6 Å². The molecule has 21 heavy (non-hydrogen) atoms. The highest BCUT2D eigenvalue weighted by Crippen LogP contribution is 2.31. The van der Waals surface area contributed by atoms with Gasteiger partial charge in [0, 0.05) is 17.6 Å². The van der Waals surface area contributed by atoms with E-state index in [1.54, 1.807) is 6.07 Å². The molecule has 1 aromatic carbocycles. The van der Waals surface area contributed by atoms with Gasteiger partial charge >= 0.3 is 0 Å². The van der Waals surface area contributed by atoms with E-state index in [1.165, 1.54) is 0 Å². The van der Waals surface area contributed by atoms with Crippen molar-refractivity contribution < 1.29 is 4.79 Å². The molecule has 0 radical (unpaired) electrons. The van der Waals surface area contributed by atoms with Crippen molar-refractivity contribution >= 4 is 40.7 Å². The van der Waals surface area contributed by atoms with E-state index in [9.17, 15) is 4.79 Å². The number of aromatic nitrogens is 1. The molecule has 0 aliphatic heterocycles. The van der Waals surface area contributed by atoms with E-state index < -0.39 is 0 Å². The van der Waals surface area contributed by atoms with E-state index in [1.807, 2.05) is 29.2 Å². The second-order valence-electron chi connectivity index (χ2n) is 5.14. The molecule has 0 unspecified atom stereocenters. The fourth-order valence-electron chi connectivity index (χ4n) is 2.21. The Kier molecular flexibility index (Phi) is 4.16. The Balaban J connectivity index is 1.81. The van der Waals surface area contributed by atoms with E-state index in [4.69, 9.17) is 34.8 Å². The van der Waals surface area contributed by atoms with Crippen LogP contribution in [0.5, 0.6) is 0 Å². The summed E-state index contributed by atoms with van der Waals surface area (Å²) in [5, 5.41) is 1.34. The van der Waals surface area contributed by atoms with Gasteiger partial charge in [0.2, 0.25) is 0 Å². The molecule has 3 nitrogen and oxygen atoms in total. The molecule has 0 saturated heterocycles. The normalized spacial score (nSPS) is 14.2. The van der Waals surface area contributed by atoms with Crippen LogP contribution in [0.4, 0.5) is 0 Å². The summed E-state index contributed by atoms with van der Waals surface area (Å²) >= 11 is 17.7. The Bertz CT molecular complexity index is 643. The topological polar surface area (TPSA) is 36.1 Å². The maximum absolute atomic E-state index is 12.6. The highest BCUT2D eigenvalue weighted by molar-refractivity contribution is 6.41. The largest absolute Gasteiger partial charge is 0.340 e. The lowest BCUT2D eigenvalue weighted by atomic mass is 10.2. The van der Waals surface area contributed by atoms with Crippen molar-refractivity contribution in [2.75, 3.05) is 0 Å². The number of rotatable bonds is 4. The average molecular weight is 344 g/mol. The molecule has 1 amide bonds. The van der Waals surface area contributed by atoms with Crippen molar-refractivity contribution in [1.29, 1.82) is 0 Å². The third-order valence-corrected chi connectivity index (χ3v) is 4.42. The van der Waals surface area contributed by atoms with Gasteiger partial charge in [0.25, 0.3) is 5.91 Å². The molecule has 1 fully saturated rings. The number of nitrogens with one attached hydrogen (secondary N) is 1. The van der Waals surface area contributed by atoms with Gasteiger partial charge < -0.3 is 9.88 Å². The zero-order chi connectivity index (χ0) is 15.0. The van der Waals surface area contributed by atoms with E-state index in [0.29, 0.717) is 27.4 Å². The Hall–Kier alpha value is -1.16. The fraction of sp³-hybridized carbons (Fsp3) is 0.267. The standard InChI is InChI=1S/C15H13Cl3N2O/c16-10-3-1-9(2-4-10)8-20(11-5-6-11)15(21)13-7-12(17)14(18)19-13/h1-4,7,11,19H,5-6,8H2. The van der Waals surface area contributed by atoms with Crippen molar-refractivity contribution in [3.05, 3.63) is 56.8 Å². The molecule has 1 heterocycles. The molecule has 6 heteroatoms. The molecular formula is C15H13Cl3N2O. The predicted octanol–water partition coefficient (Wildman–Crippen LogP) is 4.78. The number of aromatic amines is 1. The minimum absolute atomic E-state index is 0.0822. The fourth-order valence-corrected chi connectivity index (χ4v) is 2.65. The number of hydrogen-bond donors (Lipinski definition) is 1. The molecule has 0 spiro atoms. The van der Waals surface area contributed by atoms with Gasteiger partial charge in [-0.3, -0.25) is 4.79 Å². The van der Waals surface area contributed by atoms with Gasteiger partial charge in [-0.2, -0.15) is 0 Å². The van der Waals surface area contributed by atoms with Crippen LogP contribution in [-0.2, 0) is 6.54 Å². The summed E-state index contributed by atoms with van der Waals surface area (Å²) in [5.41, 5.74) is 1.47. The Labute approximate surface area is 137 Å². The van der Waals surface area contributed by atoms with Crippen LogP contribution in [0.2, 0.25) is 15.2 Å². The second kappa shape index (κ2) is 5.91.